The number of hydrogen-bond donors (Lipinski definition) is 1. The summed E-state index contributed by atoms with van der Waals surface area (Å²) < 4.78 is 0. The van der Waals surface area contributed by atoms with Gasteiger partial charge in [0.2, 0.25) is 0 Å². The molecule has 2 aromatic carbocycles. The topological polar surface area (TPSA) is 20.2 Å². The van der Waals surface area contributed by atoms with Crippen LogP contribution in [0.25, 0.3) is 0 Å². The standard InChI is InChI=1S/C18H22O/c19-15-18(13-11-16-7-3-1-4-8-16)14-12-17-9-5-2-6-10-17/h1-10,18-19H,11-15H2. The molecular formula is C18H22O. The van der Waals surface area contributed by atoms with Gasteiger partial charge in [0.15, 0.2) is 0 Å². The smallest absolute Gasteiger partial charge is 0.0459 e. The van der Waals surface area contributed by atoms with Crippen molar-refractivity contribution in [3.63, 3.8) is 0 Å². The molecule has 0 saturated heterocycles. The molecule has 0 aliphatic carbocycles. The van der Waals surface area contributed by atoms with Crippen LogP contribution >= 0.6 is 0 Å². The van der Waals surface area contributed by atoms with Gasteiger partial charge in [-0.2, -0.15) is 0 Å². The first-order valence-corrected chi connectivity index (χ1v) is 7.07. The lowest BCUT2D eigenvalue weighted by molar-refractivity contribution is 0.211. The van der Waals surface area contributed by atoms with Crippen LogP contribution in [0.1, 0.15) is 24.0 Å². The molecule has 19 heavy (non-hydrogen) atoms. The van der Waals surface area contributed by atoms with E-state index < -0.39 is 0 Å². The molecule has 0 radical (unpaired) electrons. The predicted octanol–water partition coefficient (Wildman–Crippen LogP) is 3.86. The van der Waals surface area contributed by atoms with Crippen molar-refractivity contribution in [3.8, 4) is 0 Å². The molecule has 0 aromatic heterocycles. The molecule has 0 bridgehead atoms. The zero-order chi connectivity index (χ0) is 13.3. The number of aliphatic hydroxyl groups excluding tert-OH is 1. The first-order chi connectivity index (χ1) is 9.38. The van der Waals surface area contributed by atoms with Crippen LogP contribution in [0.4, 0.5) is 0 Å². The van der Waals surface area contributed by atoms with Crippen LogP contribution in [0.15, 0.2) is 60.7 Å². The molecule has 1 N–H and O–H groups in total. The van der Waals surface area contributed by atoms with Crippen molar-refractivity contribution < 1.29 is 5.11 Å². The molecule has 1 heteroatoms. The fraction of sp³-hybridized carbons (Fsp3) is 0.333. The molecule has 0 amide bonds. The molecule has 1 nitrogen and oxygen atoms in total. The summed E-state index contributed by atoms with van der Waals surface area (Å²) in [5.41, 5.74) is 2.72. The van der Waals surface area contributed by atoms with Crippen LogP contribution in [-0.2, 0) is 12.8 Å². The Hall–Kier alpha value is -1.60. The van der Waals surface area contributed by atoms with Gasteiger partial charge in [0, 0.05) is 6.61 Å². The highest BCUT2D eigenvalue weighted by Gasteiger charge is 2.08. The van der Waals surface area contributed by atoms with Crippen LogP contribution < -0.4 is 0 Å². The van der Waals surface area contributed by atoms with Gasteiger partial charge >= 0.3 is 0 Å². The number of aliphatic hydroxyl groups is 1. The van der Waals surface area contributed by atoms with Gasteiger partial charge in [0.1, 0.15) is 0 Å². The van der Waals surface area contributed by atoms with Gasteiger partial charge in [-0.05, 0) is 42.7 Å². The molecule has 0 heterocycles. The van der Waals surface area contributed by atoms with Crippen molar-refractivity contribution in [2.75, 3.05) is 6.61 Å². The molecule has 0 aliphatic rings. The zero-order valence-corrected chi connectivity index (χ0v) is 11.3. The van der Waals surface area contributed by atoms with E-state index in [2.05, 4.69) is 48.5 Å². The molecule has 0 unspecified atom stereocenters. The van der Waals surface area contributed by atoms with Gasteiger partial charge in [0.25, 0.3) is 0 Å². The van der Waals surface area contributed by atoms with Gasteiger partial charge < -0.3 is 5.11 Å². The Labute approximate surface area is 115 Å². The average molecular weight is 254 g/mol. The Morgan fingerprint density at radius 1 is 0.684 bits per heavy atom. The fourth-order valence-corrected chi connectivity index (χ4v) is 2.36. The van der Waals surface area contributed by atoms with Gasteiger partial charge in [-0.3, -0.25) is 0 Å². The minimum Gasteiger partial charge on any atom is -0.396 e. The van der Waals surface area contributed by atoms with Crippen LogP contribution in [-0.4, -0.2) is 11.7 Å². The summed E-state index contributed by atoms with van der Waals surface area (Å²) in [6.07, 6.45) is 4.24. The molecule has 0 saturated carbocycles. The zero-order valence-electron chi connectivity index (χ0n) is 11.3. The third kappa shape index (κ3) is 4.88. The van der Waals surface area contributed by atoms with Gasteiger partial charge in [-0.15, -0.1) is 0 Å². The SMILES string of the molecule is OCC(CCc1ccccc1)CCc1ccccc1. The quantitative estimate of drug-likeness (QED) is 0.795. The highest BCUT2D eigenvalue weighted by molar-refractivity contribution is 5.15. The Morgan fingerprint density at radius 2 is 1.11 bits per heavy atom. The average Bonchev–Trinajstić information content (AvgIpc) is 2.49. The first-order valence-electron chi connectivity index (χ1n) is 7.07. The summed E-state index contributed by atoms with van der Waals surface area (Å²) in [4.78, 5) is 0. The van der Waals surface area contributed by atoms with E-state index in [1.807, 2.05) is 12.1 Å². The summed E-state index contributed by atoms with van der Waals surface area (Å²) in [6.45, 7) is 0.291. The summed E-state index contributed by atoms with van der Waals surface area (Å²) >= 11 is 0. The molecule has 2 rings (SSSR count). The second-order valence-electron chi connectivity index (χ2n) is 5.10. The van der Waals surface area contributed by atoms with E-state index in [1.54, 1.807) is 0 Å². The molecule has 0 spiro atoms. The maximum Gasteiger partial charge on any atom is 0.0459 e. The highest BCUT2D eigenvalue weighted by Crippen LogP contribution is 2.16. The van der Waals surface area contributed by atoms with E-state index in [0.29, 0.717) is 12.5 Å². The van der Waals surface area contributed by atoms with E-state index in [0.717, 1.165) is 25.7 Å². The van der Waals surface area contributed by atoms with Crippen LogP contribution in [0, 0.1) is 5.92 Å². The summed E-state index contributed by atoms with van der Waals surface area (Å²) in [5.74, 6) is 0.403. The highest BCUT2D eigenvalue weighted by atomic mass is 16.3. The minimum absolute atomic E-state index is 0.291. The molecule has 0 fully saturated rings. The Bertz CT molecular complexity index is 406. The third-order valence-electron chi connectivity index (χ3n) is 3.63. The largest absolute Gasteiger partial charge is 0.396 e. The van der Waals surface area contributed by atoms with Crippen molar-refractivity contribution >= 4 is 0 Å². The molecule has 0 aliphatic heterocycles. The Morgan fingerprint density at radius 3 is 1.47 bits per heavy atom. The predicted molar refractivity (Wildman–Crippen MR) is 80.1 cm³/mol. The molecule has 0 atom stereocenters. The number of hydrogen-bond acceptors (Lipinski definition) is 1. The van der Waals surface area contributed by atoms with Crippen LogP contribution in [0.5, 0.6) is 0 Å². The van der Waals surface area contributed by atoms with Gasteiger partial charge in [0.05, 0.1) is 0 Å². The monoisotopic (exact) mass is 254 g/mol. The molecular weight excluding hydrogens is 232 g/mol. The second-order valence-corrected chi connectivity index (χ2v) is 5.10. The minimum atomic E-state index is 0.291. The van der Waals surface area contributed by atoms with Crippen LogP contribution in [0.2, 0.25) is 0 Å². The summed E-state index contributed by atoms with van der Waals surface area (Å²) in [5, 5.41) is 9.48. The van der Waals surface area contributed by atoms with E-state index in [1.165, 1.54) is 11.1 Å². The van der Waals surface area contributed by atoms with Crippen molar-refractivity contribution in [2.24, 2.45) is 5.92 Å². The number of benzene rings is 2. The fourth-order valence-electron chi connectivity index (χ4n) is 2.36. The normalized spacial score (nSPS) is 10.8. The lowest BCUT2D eigenvalue weighted by Gasteiger charge is -2.14. The van der Waals surface area contributed by atoms with Crippen molar-refractivity contribution in [1.29, 1.82) is 0 Å². The third-order valence-corrected chi connectivity index (χ3v) is 3.63. The van der Waals surface area contributed by atoms with Gasteiger partial charge in [-0.1, -0.05) is 60.7 Å². The lowest BCUT2D eigenvalue weighted by atomic mass is 9.94. The number of rotatable bonds is 7. The maximum atomic E-state index is 9.48. The van der Waals surface area contributed by atoms with Crippen LogP contribution in [0.3, 0.4) is 0 Å². The van der Waals surface area contributed by atoms with Gasteiger partial charge in [-0.25, -0.2) is 0 Å². The Kier molecular flexibility index (Phi) is 5.64. The molecule has 100 valence electrons. The first kappa shape index (κ1) is 13.8. The maximum absolute atomic E-state index is 9.48. The molecule has 2 aromatic rings. The van der Waals surface area contributed by atoms with E-state index in [9.17, 15) is 5.11 Å². The van der Waals surface area contributed by atoms with Crippen molar-refractivity contribution in [2.45, 2.75) is 25.7 Å². The van der Waals surface area contributed by atoms with E-state index >= 15 is 0 Å². The summed E-state index contributed by atoms with van der Waals surface area (Å²) in [7, 11) is 0. The van der Waals surface area contributed by atoms with E-state index in [-0.39, 0.29) is 0 Å². The second kappa shape index (κ2) is 7.75. The number of aryl methyl sites for hydroxylation is 2. The lowest BCUT2D eigenvalue weighted by Crippen LogP contribution is -2.09. The Balaban J connectivity index is 1.77. The van der Waals surface area contributed by atoms with Crippen molar-refractivity contribution in [1.82, 2.24) is 0 Å². The van der Waals surface area contributed by atoms with E-state index in [4.69, 9.17) is 0 Å². The summed E-state index contributed by atoms with van der Waals surface area (Å²) in [6, 6.07) is 21.0. The van der Waals surface area contributed by atoms with Crippen molar-refractivity contribution in [3.05, 3.63) is 71.8 Å².